The van der Waals surface area contributed by atoms with E-state index in [0.717, 1.165) is 25.2 Å². The molecule has 0 bridgehead atoms. The molecule has 12 heavy (non-hydrogen) atoms. The zero-order valence-corrected chi connectivity index (χ0v) is 7.85. The van der Waals surface area contributed by atoms with Crippen molar-refractivity contribution in [3.63, 3.8) is 0 Å². The highest BCUT2D eigenvalue weighted by Crippen LogP contribution is 1.81. The van der Waals surface area contributed by atoms with Crippen molar-refractivity contribution >= 4 is 5.84 Å². The van der Waals surface area contributed by atoms with Gasteiger partial charge in [0.2, 0.25) is 0 Å². The molecule has 0 atom stereocenters. The highest BCUT2D eigenvalue weighted by atomic mass is 15.3. The summed E-state index contributed by atoms with van der Waals surface area (Å²) in [6.45, 7) is 9.32. The molecule has 0 rings (SSSR count). The number of nitrogens with one attached hydrogen (secondary N) is 2. The maximum absolute atomic E-state index is 5.32. The molecule has 0 aromatic rings. The van der Waals surface area contributed by atoms with Crippen molar-refractivity contribution in [1.82, 2.24) is 10.7 Å². The molecule has 0 radical (unpaired) electrons. The molecule has 0 amide bonds. The lowest BCUT2D eigenvalue weighted by molar-refractivity contribution is 0.683. The second-order valence-electron chi connectivity index (χ2n) is 2.65. The molecule has 0 fully saturated rings. The maximum atomic E-state index is 5.32. The number of nitrogens with two attached hydrogens (primary N) is 1. The first-order valence-corrected chi connectivity index (χ1v) is 4.11. The van der Waals surface area contributed by atoms with Crippen molar-refractivity contribution in [1.29, 1.82) is 0 Å². The first kappa shape index (κ1) is 11.0. The largest absolute Gasteiger partial charge is 0.386 e. The quantitative estimate of drug-likeness (QED) is 0.234. The van der Waals surface area contributed by atoms with Crippen LogP contribution in [0.15, 0.2) is 17.4 Å². The van der Waals surface area contributed by atoms with Crippen molar-refractivity contribution in [2.45, 2.75) is 20.3 Å². The summed E-state index contributed by atoms with van der Waals surface area (Å²) in [4.78, 5) is 0. The third-order valence-corrected chi connectivity index (χ3v) is 1.16. The second-order valence-corrected chi connectivity index (χ2v) is 2.65. The fourth-order valence-corrected chi connectivity index (χ4v) is 0.623. The average Bonchev–Trinajstić information content (AvgIpc) is 2.01. The molecule has 0 saturated carbocycles. The van der Waals surface area contributed by atoms with E-state index in [1.54, 1.807) is 6.92 Å². The van der Waals surface area contributed by atoms with E-state index in [1.165, 1.54) is 0 Å². The normalized spacial score (nSPS) is 11.3. The minimum Gasteiger partial charge on any atom is -0.386 e. The summed E-state index contributed by atoms with van der Waals surface area (Å²) in [5.74, 6) is 0.506. The first-order valence-electron chi connectivity index (χ1n) is 4.11. The summed E-state index contributed by atoms with van der Waals surface area (Å²) < 4.78 is 0. The van der Waals surface area contributed by atoms with E-state index in [0.29, 0.717) is 5.84 Å². The fraction of sp³-hybridized carbons (Fsp3) is 0.625. The van der Waals surface area contributed by atoms with Crippen LogP contribution in [0, 0.1) is 0 Å². The molecule has 0 heterocycles. The van der Waals surface area contributed by atoms with Gasteiger partial charge in [0.25, 0.3) is 0 Å². The molecule has 4 N–H and O–H groups in total. The van der Waals surface area contributed by atoms with Crippen LogP contribution in [0.5, 0.6) is 0 Å². The number of rotatable bonds is 6. The Balaban J connectivity index is 3.41. The van der Waals surface area contributed by atoms with E-state index in [4.69, 9.17) is 5.73 Å². The first-order chi connectivity index (χ1) is 5.66. The van der Waals surface area contributed by atoms with Gasteiger partial charge in [-0.05, 0) is 19.9 Å². The zero-order chi connectivity index (χ0) is 9.40. The van der Waals surface area contributed by atoms with Gasteiger partial charge in [0.05, 0.1) is 0 Å². The lowest BCUT2D eigenvalue weighted by Gasteiger charge is -2.05. The number of hydrogen-bond donors (Lipinski definition) is 3. The summed E-state index contributed by atoms with van der Waals surface area (Å²) in [6, 6.07) is 0. The Kier molecular flexibility index (Phi) is 6.09. The third-order valence-electron chi connectivity index (χ3n) is 1.16. The Morgan fingerprint density at radius 3 is 2.75 bits per heavy atom. The van der Waals surface area contributed by atoms with Gasteiger partial charge < -0.3 is 11.1 Å². The van der Waals surface area contributed by atoms with Gasteiger partial charge in [0.15, 0.2) is 0 Å². The number of amidine groups is 1. The molecule has 0 spiro atoms. The molecule has 0 aromatic heterocycles. The van der Waals surface area contributed by atoms with Crippen molar-refractivity contribution in [3.8, 4) is 0 Å². The van der Waals surface area contributed by atoms with Gasteiger partial charge in [-0.3, -0.25) is 5.43 Å². The van der Waals surface area contributed by atoms with Crippen LogP contribution in [0.2, 0.25) is 0 Å². The monoisotopic (exact) mass is 170 g/mol. The van der Waals surface area contributed by atoms with Crippen molar-refractivity contribution in [2.75, 3.05) is 13.1 Å². The third kappa shape index (κ3) is 7.08. The molecular formula is C8H18N4. The van der Waals surface area contributed by atoms with E-state index in [-0.39, 0.29) is 0 Å². The minimum absolute atomic E-state index is 0.506. The van der Waals surface area contributed by atoms with Crippen LogP contribution >= 0.6 is 0 Å². The van der Waals surface area contributed by atoms with Gasteiger partial charge in [-0.15, -0.1) is 0 Å². The van der Waals surface area contributed by atoms with Crippen LogP contribution in [0.25, 0.3) is 0 Å². The van der Waals surface area contributed by atoms with E-state index in [1.807, 2.05) is 0 Å². The molecule has 0 unspecified atom stereocenters. The Bertz CT molecular complexity index is 158. The molecule has 0 aliphatic heterocycles. The molecule has 70 valence electrons. The van der Waals surface area contributed by atoms with Crippen molar-refractivity contribution in [2.24, 2.45) is 10.8 Å². The SMILES string of the molecule is C=C(CNCCC)N/N=C(/C)N. The average molecular weight is 170 g/mol. The van der Waals surface area contributed by atoms with Gasteiger partial charge in [0.1, 0.15) is 5.84 Å². The minimum atomic E-state index is 0.506. The predicted molar refractivity (Wildman–Crippen MR) is 52.7 cm³/mol. The highest BCUT2D eigenvalue weighted by molar-refractivity contribution is 5.77. The van der Waals surface area contributed by atoms with E-state index in [9.17, 15) is 0 Å². The fourth-order valence-electron chi connectivity index (χ4n) is 0.623. The van der Waals surface area contributed by atoms with Crippen LogP contribution in [0.3, 0.4) is 0 Å². The van der Waals surface area contributed by atoms with E-state index < -0.39 is 0 Å². The van der Waals surface area contributed by atoms with Crippen LogP contribution in [-0.2, 0) is 0 Å². The summed E-state index contributed by atoms with van der Waals surface area (Å²) in [5.41, 5.74) is 8.90. The zero-order valence-electron chi connectivity index (χ0n) is 7.85. The van der Waals surface area contributed by atoms with Gasteiger partial charge in [-0.25, -0.2) is 0 Å². The molecule has 0 aliphatic carbocycles. The van der Waals surface area contributed by atoms with Crippen molar-refractivity contribution < 1.29 is 0 Å². The molecule has 0 aliphatic rings. The molecule has 0 saturated heterocycles. The van der Waals surface area contributed by atoms with Gasteiger partial charge in [0, 0.05) is 12.2 Å². The topological polar surface area (TPSA) is 62.4 Å². The summed E-state index contributed by atoms with van der Waals surface area (Å²) in [5, 5.41) is 6.99. The van der Waals surface area contributed by atoms with Gasteiger partial charge in [-0.1, -0.05) is 13.5 Å². The van der Waals surface area contributed by atoms with E-state index >= 15 is 0 Å². The number of nitrogens with zero attached hydrogens (tertiary/aromatic N) is 1. The Morgan fingerprint density at radius 1 is 1.58 bits per heavy atom. The Labute approximate surface area is 73.9 Å². The summed E-state index contributed by atoms with van der Waals surface area (Å²) in [7, 11) is 0. The van der Waals surface area contributed by atoms with Gasteiger partial charge in [-0.2, -0.15) is 5.10 Å². The van der Waals surface area contributed by atoms with Crippen LogP contribution in [-0.4, -0.2) is 18.9 Å². The molecular weight excluding hydrogens is 152 g/mol. The standard InChI is InChI=1S/C8H18N4/c1-4-5-10-6-7(2)11-12-8(3)9/h10-11H,2,4-6H2,1,3H3,(H2,9,12). The molecule has 0 aromatic carbocycles. The highest BCUT2D eigenvalue weighted by Gasteiger charge is 1.89. The summed E-state index contributed by atoms with van der Waals surface area (Å²) >= 11 is 0. The number of hydrazone groups is 1. The van der Waals surface area contributed by atoms with Gasteiger partial charge >= 0.3 is 0 Å². The van der Waals surface area contributed by atoms with Crippen LogP contribution < -0.4 is 16.5 Å². The van der Waals surface area contributed by atoms with Crippen molar-refractivity contribution in [3.05, 3.63) is 12.3 Å². The van der Waals surface area contributed by atoms with E-state index in [2.05, 4.69) is 29.3 Å². The summed E-state index contributed by atoms with van der Waals surface area (Å²) in [6.07, 6.45) is 1.12. The lowest BCUT2D eigenvalue weighted by Crippen LogP contribution is -2.24. The predicted octanol–water partition coefficient (Wildman–Crippen LogP) is 0.381. The Hall–Kier alpha value is -1.03. The second kappa shape index (κ2) is 6.67. The smallest absolute Gasteiger partial charge is 0.116 e. The van der Waals surface area contributed by atoms with Crippen LogP contribution in [0.1, 0.15) is 20.3 Å². The lowest BCUT2D eigenvalue weighted by atomic mass is 10.4. The molecule has 4 nitrogen and oxygen atoms in total. The molecule has 4 heteroatoms. The Morgan fingerprint density at radius 2 is 2.25 bits per heavy atom. The maximum Gasteiger partial charge on any atom is 0.116 e. The van der Waals surface area contributed by atoms with Crippen LogP contribution in [0.4, 0.5) is 0 Å². The number of hydrogen-bond acceptors (Lipinski definition) is 3.